The number of nitrogens with zero attached hydrogens (tertiary/aromatic N) is 1. The number of amides is 1. The van der Waals surface area contributed by atoms with E-state index in [0.717, 1.165) is 24.4 Å². The van der Waals surface area contributed by atoms with Gasteiger partial charge in [-0.1, -0.05) is 18.2 Å². The lowest BCUT2D eigenvalue weighted by Crippen LogP contribution is -2.56. The maximum atomic E-state index is 12.7. The second kappa shape index (κ2) is 4.85. The van der Waals surface area contributed by atoms with Gasteiger partial charge in [0, 0.05) is 30.7 Å². The number of fused-ring (bicyclic) bond motifs is 1. The number of hydrogen-bond donors (Lipinski definition) is 1. The minimum Gasteiger partial charge on any atom is -0.492 e. The van der Waals surface area contributed by atoms with Crippen LogP contribution in [0.2, 0.25) is 0 Å². The number of piperazine rings is 1. The first-order chi connectivity index (χ1) is 9.15. The Morgan fingerprint density at radius 3 is 2.68 bits per heavy atom. The van der Waals surface area contributed by atoms with E-state index in [2.05, 4.69) is 19.2 Å². The van der Waals surface area contributed by atoms with Crippen LogP contribution in [0, 0.1) is 0 Å². The van der Waals surface area contributed by atoms with Crippen molar-refractivity contribution in [1.82, 2.24) is 10.2 Å². The third-order valence-electron chi connectivity index (χ3n) is 3.87. The zero-order valence-corrected chi connectivity index (χ0v) is 11.4. The van der Waals surface area contributed by atoms with Crippen molar-refractivity contribution < 1.29 is 9.53 Å². The van der Waals surface area contributed by atoms with Gasteiger partial charge in [-0.2, -0.15) is 0 Å². The van der Waals surface area contributed by atoms with Crippen LogP contribution in [-0.4, -0.2) is 42.6 Å². The maximum absolute atomic E-state index is 12.7. The van der Waals surface area contributed by atoms with Gasteiger partial charge in [-0.05, 0) is 19.9 Å². The van der Waals surface area contributed by atoms with Crippen molar-refractivity contribution in [2.75, 3.05) is 19.7 Å². The zero-order valence-electron chi connectivity index (χ0n) is 11.4. The fourth-order valence-corrected chi connectivity index (χ4v) is 3.09. The lowest BCUT2D eigenvalue weighted by molar-refractivity contribution is -0.134. The number of carbonyl (C=O) groups is 1. The molecule has 1 aromatic carbocycles. The van der Waals surface area contributed by atoms with Gasteiger partial charge in [0.25, 0.3) is 0 Å². The minimum absolute atomic E-state index is 0.131. The lowest BCUT2D eigenvalue weighted by Gasteiger charge is -2.37. The Balaban J connectivity index is 1.78. The Morgan fingerprint density at radius 2 is 1.95 bits per heavy atom. The van der Waals surface area contributed by atoms with E-state index in [0.29, 0.717) is 18.7 Å². The topological polar surface area (TPSA) is 41.6 Å². The molecular formula is C15H20N2O2. The highest BCUT2D eigenvalue weighted by molar-refractivity contribution is 5.85. The third kappa shape index (κ3) is 2.32. The van der Waals surface area contributed by atoms with Crippen LogP contribution in [0.3, 0.4) is 0 Å². The Bertz CT molecular complexity index is 479. The van der Waals surface area contributed by atoms with Gasteiger partial charge in [-0.15, -0.1) is 0 Å². The third-order valence-corrected chi connectivity index (χ3v) is 3.87. The van der Waals surface area contributed by atoms with Gasteiger partial charge in [-0.3, -0.25) is 4.79 Å². The molecule has 0 unspecified atom stereocenters. The summed E-state index contributed by atoms with van der Waals surface area (Å²) in [4.78, 5) is 14.6. The average Bonchev–Trinajstić information content (AvgIpc) is 2.80. The van der Waals surface area contributed by atoms with E-state index in [1.165, 1.54) is 0 Å². The van der Waals surface area contributed by atoms with Crippen molar-refractivity contribution >= 4 is 5.91 Å². The molecule has 4 nitrogen and oxygen atoms in total. The van der Waals surface area contributed by atoms with Crippen LogP contribution in [0.1, 0.15) is 25.3 Å². The fraction of sp³-hybridized carbons (Fsp3) is 0.533. The van der Waals surface area contributed by atoms with Crippen molar-refractivity contribution in [3.8, 4) is 5.75 Å². The van der Waals surface area contributed by atoms with Gasteiger partial charge in [0.1, 0.15) is 18.3 Å². The molecule has 2 aliphatic rings. The molecule has 102 valence electrons. The molecule has 3 atom stereocenters. The monoisotopic (exact) mass is 260 g/mol. The summed E-state index contributed by atoms with van der Waals surface area (Å²) in [6.07, 6.45) is 0. The quantitative estimate of drug-likeness (QED) is 0.829. The van der Waals surface area contributed by atoms with Crippen molar-refractivity contribution in [3.05, 3.63) is 29.8 Å². The summed E-state index contributed by atoms with van der Waals surface area (Å²) in [5.74, 6) is 0.927. The van der Waals surface area contributed by atoms with E-state index in [9.17, 15) is 4.79 Å². The average molecular weight is 260 g/mol. The highest BCUT2D eigenvalue weighted by atomic mass is 16.5. The SMILES string of the molecule is C[C@@H]1CN(C(=O)[C@@H]2COc3ccccc32)C[C@H](C)N1. The molecular weight excluding hydrogens is 240 g/mol. The van der Waals surface area contributed by atoms with Crippen LogP contribution >= 0.6 is 0 Å². The highest BCUT2D eigenvalue weighted by Crippen LogP contribution is 2.34. The molecule has 1 amide bonds. The Kier molecular flexibility index (Phi) is 3.19. The van der Waals surface area contributed by atoms with Gasteiger partial charge >= 0.3 is 0 Å². The molecule has 3 rings (SSSR count). The first-order valence-corrected chi connectivity index (χ1v) is 6.91. The first-order valence-electron chi connectivity index (χ1n) is 6.91. The van der Waals surface area contributed by atoms with Crippen molar-refractivity contribution in [1.29, 1.82) is 0 Å². The molecule has 1 N–H and O–H groups in total. The van der Waals surface area contributed by atoms with E-state index in [1.807, 2.05) is 29.2 Å². The van der Waals surface area contributed by atoms with Crippen LogP contribution in [0.15, 0.2) is 24.3 Å². The largest absolute Gasteiger partial charge is 0.492 e. The molecule has 0 spiro atoms. The summed E-state index contributed by atoms with van der Waals surface area (Å²) >= 11 is 0. The number of carbonyl (C=O) groups excluding carboxylic acids is 1. The van der Waals surface area contributed by atoms with Crippen LogP contribution in [0.4, 0.5) is 0 Å². The van der Waals surface area contributed by atoms with Crippen LogP contribution < -0.4 is 10.1 Å². The van der Waals surface area contributed by atoms with Gasteiger partial charge < -0.3 is 15.0 Å². The number of hydrogen-bond acceptors (Lipinski definition) is 3. The van der Waals surface area contributed by atoms with Crippen molar-refractivity contribution in [2.45, 2.75) is 31.8 Å². The Morgan fingerprint density at radius 1 is 1.26 bits per heavy atom. The van der Waals surface area contributed by atoms with Crippen LogP contribution in [-0.2, 0) is 4.79 Å². The molecule has 0 saturated carbocycles. The molecule has 2 aliphatic heterocycles. The van der Waals surface area contributed by atoms with Gasteiger partial charge in [0.15, 0.2) is 0 Å². The lowest BCUT2D eigenvalue weighted by atomic mass is 9.98. The second-order valence-corrected chi connectivity index (χ2v) is 5.61. The summed E-state index contributed by atoms with van der Waals surface area (Å²) in [7, 11) is 0. The molecule has 2 heterocycles. The molecule has 1 fully saturated rings. The zero-order chi connectivity index (χ0) is 13.4. The normalized spacial score (nSPS) is 29.8. The number of benzene rings is 1. The van der Waals surface area contributed by atoms with E-state index in [4.69, 9.17) is 4.74 Å². The van der Waals surface area contributed by atoms with Crippen molar-refractivity contribution in [3.63, 3.8) is 0 Å². The first kappa shape index (κ1) is 12.5. The molecule has 4 heteroatoms. The van der Waals surface area contributed by atoms with E-state index in [1.54, 1.807) is 0 Å². The predicted molar refractivity (Wildman–Crippen MR) is 73.3 cm³/mol. The maximum Gasteiger partial charge on any atom is 0.233 e. The van der Waals surface area contributed by atoms with Gasteiger partial charge in [0.05, 0.1) is 0 Å². The minimum atomic E-state index is -0.131. The van der Waals surface area contributed by atoms with Gasteiger partial charge in [-0.25, -0.2) is 0 Å². The molecule has 0 radical (unpaired) electrons. The second-order valence-electron chi connectivity index (χ2n) is 5.61. The van der Waals surface area contributed by atoms with E-state index in [-0.39, 0.29) is 11.8 Å². The van der Waals surface area contributed by atoms with E-state index < -0.39 is 0 Å². The summed E-state index contributed by atoms with van der Waals surface area (Å²) in [5, 5.41) is 3.45. The molecule has 19 heavy (non-hydrogen) atoms. The number of nitrogens with one attached hydrogen (secondary N) is 1. The van der Waals surface area contributed by atoms with E-state index >= 15 is 0 Å². The summed E-state index contributed by atoms with van der Waals surface area (Å²) in [5.41, 5.74) is 1.03. The van der Waals surface area contributed by atoms with Crippen LogP contribution in [0.25, 0.3) is 0 Å². The molecule has 1 aromatic rings. The smallest absolute Gasteiger partial charge is 0.233 e. The number of para-hydroxylation sites is 1. The molecule has 0 aromatic heterocycles. The Hall–Kier alpha value is -1.55. The Labute approximate surface area is 113 Å². The standard InChI is InChI=1S/C15H20N2O2/c1-10-7-17(8-11(2)16-10)15(18)13-9-19-14-6-4-3-5-12(13)14/h3-6,10-11,13,16H,7-9H2,1-2H3/t10-,11+,13-/m1/s1. The predicted octanol–water partition coefficient (Wildman–Crippen LogP) is 1.37. The van der Waals surface area contributed by atoms with Crippen molar-refractivity contribution in [2.24, 2.45) is 0 Å². The molecule has 1 saturated heterocycles. The van der Waals surface area contributed by atoms with Gasteiger partial charge in [0.2, 0.25) is 5.91 Å². The summed E-state index contributed by atoms with van der Waals surface area (Å²) in [6, 6.07) is 8.55. The molecule has 0 aliphatic carbocycles. The fourth-order valence-electron chi connectivity index (χ4n) is 3.09. The number of rotatable bonds is 1. The molecule has 0 bridgehead atoms. The summed E-state index contributed by atoms with van der Waals surface area (Å²) < 4.78 is 5.61. The highest BCUT2D eigenvalue weighted by Gasteiger charge is 2.35. The summed E-state index contributed by atoms with van der Waals surface area (Å²) in [6.45, 7) is 6.28. The van der Waals surface area contributed by atoms with Crippen LogP contribution in [0.5, 0.6) is 5.75 Å². The number of ether oxygens (including phenoxy) is 1.